The van der Waals surface area contributed by atoms with Gasteiger partial charge in [-0.1, -0.05) is 19.9 Å². The van der Waals surface area contributed by atoms with Crippen LogP contribution in [0.4, 0.5) is 0 Å². The van der Waals surface area contributed by atoms with Crippen LogP contribution in [0.1, 0.15) is 13.8 Å². The maximum Gasteiger partial charge on any atom is 0.357 e. The van der Waals surface area contributed by atoms with Crippen LogP contribution in [0.3, 0.4) is 0 Å². The van der Waals surface area contributed by atoms with E-state index in [1.165, 1.54) is 14.2 Å². The van der Waals surface area contributed by atoms with Crippen LogP contribution >= 0.6 is 7.60 Å². The summed E-state index contributed by atoms with van der Waals surface area (Å²) in [5.74, 6) is 0. The summed E-state index contributed by atoms with van der Waals surface area (Å²) in [6.45, 7) is 3.96. The second kappa shape index (κ2) is 2.44. The molecule has 0 aliphatic heterocycles. The normalized spacial score (nSPS) is 21.3. The van der Waals surface area contributed by atoms with E-state index in [9.17, 15) is 4.57 Å². The molecule has 0 spiro atoms. The van der Waals surface area contributed by atoms with Crippen molar-refractivity contribution in [1.29, 1.82) is 0 Å². The molecular formula is C7H13O3P. The van der Waals surface area contributed by atoms with Crippen LogP contribution in [0.15, 0.2) is 11.4 Å². The zero-order valence-corrected chi connectivity index (χ0v) is 8.14. The predicted molar refractivity (Wildman–Crippen MR) is 43.5 cm³/mol. The van der Waals surface area contributed by atoms with E-state index in [-0.39, 0.29) is 5.41 Å². The van der Waals surface area contributed by atoms with E-state index in [2.05, 4.69) is 0 Å². The zero-order valence-electron chi connectivity index (χ0n) is 7.25. The minimum absolute atomic E-state index is 0.0679. The molecule has 4 heteroatoms. The van der Waals surface area contributed by atoms with Gasteiger partial charge in [0.15, 0.2) is 0 Å². The fourth-order valence-electron chi connectivity index (χ4n) is 1.01. The van der Waals surface area contributed by atoms with Crippen molar-refractivity contribution >= 4 is 7.60 Å². The molecule has 0 aromatic carbocycles. The minimum Gasteiger partial charge on any atom is -0.309 e. The lowest BCUT2D eigenvalue weighted by molar-refractivity contribution is 0.282. The van der Waals surface area contributed by atoms with Gasteiger partial charge in [-0.25, -0.2) is 0 Å². The molecule has 3 nitrogen and oxygen atoms in total. The third kappa shape index (κ3) is 1.41. The van der Waals surface area contributed by atoms with Crippen LogP contribution in [-0.4, -0.2) is 14.2 Å². The largest absolute Gasteiger partial charge is 0.357 e. The molecule has 0 amide bonds. The van der Waals surface area contributed by atoms with Crippen molar-refractivity contribution in [2.45, 2.75) is 13.8 Å². The molecule has 0 saturated heterocycles. The molecule has 0 fully saturated rings. The molecule has 0 atom stereocenters. The number of allylic oxidation sites excluding steroid dienone is 2. The lowest BCUT2D eigenvalue weighted by atomic mass is 10.2. The number of hydrogen-bond donors (Lipinski definition) is 0. The predicted octanol–water partition coefficient (Wildman–Crippen LogP) is 2.40. The maximum absolute atomic E-state index is 11.6. The summed E-state index contributed by atoms with van der Waals surface area (Å²) in [6.07, 6.45) is 1.90. The van der Waals surface area contributed by atoms with Crippen LogP contribution in [-0.2, 0) is 13.6 Å². The fourth-order valence-corrected chi connectivity index (χ4v) is 2.74. The molecule has 1 aliphatic rings. The van der Waals surface area contributed by atoms with E-state index >= 15 is 0 Å². The maximum atomic E-state index is 11.6. The Balaban J connectivity index is 2.76. The van der Waals surface area contributed by atoms with Crippen molar-refractivity contribution in [3.05, 3.63) is 11.4 Å². The lowest BCUT2D eigenvalue weighted by Crippen LogP contribution is -1.94. The van der Waals surface area contributed by atoms with Gasteiger partial charge in [0.25, 0.3) is 0 Å². The van der Waals surface area contributed by atoms with Crippen molar-refractivity contribution in [3.63, 3.8) is 0 Å². The Hall–Kier alpha value is -0.110. The van der Waals surface area contributed by atoms with Crippen molar-refractivity contribution < 1.29 is 13.6 Å². The van der Waals surface area contributed by atoms with Crippen LogP contribution in [0.25, 0.3) is 0 Å². The molecule has 0 bridgehead atoms. The van der Waals surface area contributed by atoms with Gasteiger partial charge in [0.2, 0.25) is 0 Å². The van der Waals surface area contributed by atoms with Crippen molar-refractivity contribution in [3.8, 4) is 0 Å². The van der Waals surface area contributed by atoms with Gasteiger partial charge in [-0.2, -0.15) is 0 Å². The standard InChI is InChI=1S/C7H13O3P/c1-7(2)5-6(7)11(8,9-3)10-4/h5H,1-4H3. The summed E-state index contributed by atoms with van der Waals surface area (Å²) in [6, 6.07) is 0. The Morgan fingerprint density at radius 1 is 1.36 bits per heavy atom. The fraction of sp³-hybridized carbons (Fsp3) is 0.714. The van der Waals surface area contributed by atoms with Crippen LogP contribution in [0.2, 0.25) is 0 Å². The molecule has 0 N–H and O–H groups in total. The second-order valence-corrected chi connectivity index (χ2v) is 5.32. The number of rotatable bonds is 3. The quantitative estimate of drug-likeness (QED) is 0.619. The van der Waals surface area contributed by atoms with E-state index < -0.39 is 7.60 Å². The SMILES string of the molecule is COP(=O)(OC)C1=CC1(C)C. The molecule has 0 aromatic heterocycles. The van der Waals surface area contributed by atoms with Gasteiger partial charge in [-0.15, -0.1) is 0 Å². The molecule has 0 radical (unpaired) electrons. The monoisotopic (exact) mass is 176 g/mol. The van der Waals surface area contributed by atoms with Gasteiger partial charge in [-0.3, -0.25) is 4.57 Å². The third-order valence-corrected chi connectivity index (χ3v) is 4.11. The third-order valence-electron chi connectivity index (χ3n) is 1.85. The molecule has 0 heterocycles. The highest BCUT2D eigenvalue weighted by molar-refractivity contribution is 7.59. The molecule has 0 unspecified atom stereocenters. The Morgan fingerprint density at radius 2 is 1.73 bits per heavy atom. The molecule has 1 aliphatic carbocycles. The van der Waals surface area contributed by atoms with E-state index in [4.69, 9.17) is 9.05 Å². The summed E-state index contributed by atoms with van der Waals surface area (Å²) in [5, 5.41) is 0.787. The van der Waals surface area contributed by atoms with Gasteiger partial charge in [-0.05, 0) is 0 Å². The first-order valence-electron chi connectivity index (χ1n) is 3.42. The average Bonchev–Trinajstić information content (AvgIpc) is 2.59. The average molecular weight is 176 g/mol. The molecule has 64 valence electrons. The lowest BCUT2D eigenvalue weighted by Gasteiger charge is -2.13. The van der Waals surface area contributed by atoms with Crippen molar-refractivity contribution in [1.82, 2.24) is 0 Å². The smallest absolute Gasteiger partial charge is 0.309 e. The van der Waals surface area contributed by atoms with Crippen LogP contribution in [0.5, 0.6) is 0 Å². The first-order chi connectivity index (χ1) is 4.96. The summed E-state index contributed by atoms with van der Waals surface area (Å²) in [7, 11) is -0.0978. The second-order valence-electron chi connectivity index (χ2n) is 3.11. The van der Waals surface area contributed by atoms with E-state index in [1.807, 2.05) is 19.9 Å². The Labute approximate surface area is 66.9 Å². The van der Waals surface area contributed by atoms with Gasteiger partial charge < -0.3 is 9.05 Å². The van der Waals surface area contributed by atoms with E-state index in [1.54, 1.807) is 0 Å². The Morgan fingerprint density at radius 3 is 1.82 bits per heavy atom. The highest BCUT2D eigenvalue weighted by Gasteiger charge is 2.47. The first-order valence-corrected chi connectivity index (χ1v) is 4.96. The van der Waals surface area contributed by atoms with Gasteiger partial charge >= 0.3 is 7.60 Å². The molecule has 0 aromatic rings. The van der Waals surface area contributed by atoms with Gasteiger partial charge in [0, 0.05) is 24.9 Å². The first kappa shape index (κ1) is 8.98. The van der Waals surface area contributed by atoms with E-state index in [0.29, 0.717) is 0 Å². The topological polar surface area (TPSA) is 35.5 Å². The Kier molecular flexibility index (Phi) is 1.99. The Bertz CT molecular complexity index is 234. The van der Waals surface area contributed by atoms with Gasteiger partial charge in [0.1, 0.15) is 0 Å². The van der Waals surface area contributed by atoms with Crippen LogP contribution < -0.4 is 0 Å². The molecule has 1 rings (SSSR count). The zero-order chi connectivity index (χ0) is 8.70. The highest BCUT2D eigenvalue weighted by atomic mass is 31.2. The van der Waals surface area contributed by atoms with Crippen LogP contribution in [0, 0.1) is 5.41 Å². The molecule has 11 heavy (non-hydrogen) atoms. The summed E-state index contributed by atoms with van der Waals surface area (Å²) >= 11 is 0. The summed E-state index contributed by atoms with van der Waals surface area (Å²) in [5.41, 5.74) is -0.0679. The minimum atomic E-state index is -2.90. The summed E-state index contributed by atoms with van der Waals surface area (Å²) < 4.78 is 21.2. The van der Waals surface area contributed by atoms with Crippen molar-refractivity contribution in [2.24, 2.45) is 5.41 Å². The molecule has 0 saturated carbocycles. The molecular weight excluding hydrogens is 163 g/mol. The highest BCUT2D eigenvalue weighted by Crippen LogP contribution is 2.69. The van der Waals surface area contributed by atoms with Gasteiger partial charge in [0.05, 0.1) is 0 Å². The van der Waals surface area contributed by atoms with E-state index in [0.717, 1.165) is 5.31 Å². The number of hydrogen-bond acceptors (Lipinski definition) is 3. The summed E-state index contributed by atoms with van der Waals surface area (Å²) in [4.78, 5) is 0. The van der Waals surface area contributed by atoms with Crippen molar-refractivity contribution in [2.75, 3.05) is 14.2 Å².